The van der Waals surface area contributed by atoms with Gasteiger partial charge in [0.2, 0.25) is 0 Å². The highest BCUT2D eigenvalue weighted by atomic mass is 32.2. The zero-order chi connectivity index (χ0) is 11.5. The fourth-order valence-corrected chi connectivity index (χ4v) is 1.81. The third-order valence-corrected chi connectivity index (χ3v) is 2.80. The third kappa shape index (κ3) is 1.94. The molecule has 2 rings (SSSR count). The molecule has 4 nitrogen and oxygen atoms in total. The van der Waals surface area contributed by atoms with E-state index in [1.807, 2.05) is 6.07 Å². The molecule has 0 saturated carbocycles. The molecular weight excluding hydrogens is 224 g/mol. The van der Waals surface area contributed by atoms with E-state index in [9.17, 15) is 9.59 Å². The molecule has 1 heterocycles. The molecule has 2 aromatic rings. The number of para-hydroxylation sites is 1. The van der Waals surface area contributed by atoms with Gasteiger partial charge in [0.05, 0.1) is 10.7 Å². The molecule has 0 bridgehead atoms. The minimum Gasteiger partial charge on any atom is -0.301 e. The number of nitrogens with one attached hydrogen (secondary N) is 1. The summed E-state index contributed by atoms with van der Waals surface area (Å²) in [5.41, 5.74) is -0.163. The van der Waals surface area contributed by atoms with Crippen LogP contribution in [0.25, 0.3) is 5.69 Å². The minimum absolute atomic E-state index is 0.320. The zero-order valence-corrected chi connectivity index (χ0v) is 9.45. The van der Waals surface area contributed by atoms with E-state index in [1.165, 1.54) is 17.8 Å². The summed E-state index contributed by atoms with van der Waals surface area (Å²) >= 11 is 1.33. The zero-order valence-electron chi connectivity index (χ0n) is 8.64. The molecule has 0 spiro atoms. The van der Waals surface area contributed by atoms with Gasteiger partial charge < -0.3 is 4.98 Å². The molecule has 0 unspecified atom stereocenters. The summed E-state index contributed by atoms with van der Waals surface area (Å²) in [5, 5.41) is 0.571. The maximum absolute atomic E-state index is 11.7. The van der Waals surface area contributed by atoms with Crippen LogP contribution in [-0.4, -0.2) is 15.8 Å². The van der Waals surface area contributed by atoms with Crippen LogP contribution in [0.15, 0.2) is 51.0 Å². The molecule has 0 aliphatic heterocycles. The van der Waals surface area contributed by atoms with E-state index in [0.717, 1.165) is 4.57 Å². The SMILES string of the molecule is CSc1cc(=O)n(-c2ccccc2)c(=O)[nH]1. The van der Waals surface area contributed by atoms with Gasteiger partial charge in [-0.1, -0.05) is 18.2 Å². The van der Waals surface area contributed by atoms with Gasteiger partial charge in [-0.15, -0.1) is 11.8 Å². The summed E-state index contributed by atoms with van der Waals surface area (Å²) in [5.74, 6) is 0. The van der Waals surface area contributed by atoms with Crippen LogP contribution >= 0.6 is 11.8 Å². The van der Waals surface area contributed by atoms with E-state index in [1.54, 1.807) is 30.5 Å². The van der Waals surface area contributed by atoms with Crippen molar-refractivity contribution < 1.29 is 0 Å². The predicted octanol–water partition coefficient (Wildman–Crippen LogP) is 1.25. The number of hydrogen-bond donors (Lipinski definition) is 1. The molecular formula is C11H10N2O2S. The van der Waals surface area contributed by atoms with Crippen molar-refractivity contribution in [2.45, 2.75) is 5.03 Å². The van der Waals surface area contributed by atoms with Crippen LogP contribution in [0.1, 0.15) is 0 Å². The predicted molar refractivity (Wildman–Crippen MR) is 64.4 cm³/mol. The largest absolute Gasteiger partial charge is 0.333 e. The topological polar surface area (TPSA) is 54.9 Å². The highest BCUT2D eigenvalue weighted by Crippen LogP contribution is 2.06. The van der Waals surface area contributed by atoms with Crippen LogP contribution in [0.2, 0.25) is 0 Å². The maximum Gasteiger partial charge on any atom is 0.333 e. The van der Waals surface area contributed by atoms with E-state index in [4.69, 9.17) is 0 Å². The Balaban J connectivity index is 2.68. The second-order valence-electron chi connectivity index (χ2n) is 3.15. The first-order valence-electron chi connectivity index (χ1n) is 4.68. The summed E-state index contributed by atoms with van der Waals surface area (Å²) in [7, 11) is 0. The Kier molecular flexibility index (Phi) is 2.96. The quantitative estimate of drug-likeness (QED) is 0.628. The van der Waals surface area contributed by atoms with Crippen molar-refractivity contribution in [3.05, 3.63) is 57.2 Å². The van der Waals surface area contributed by atoms with Gasteiger partial charge in [-0.05, 0) is 18.4 Å². The first-order chi connectivity index (χ1) is 7.72. The van der Waals surface area contributed by atoms with Gasteiger partial charge in [0.25, 0.3) is 5.56 Å². The smallest absolute Gasteiger partial charge is 0.301 e. The molecule has 0 saturated heterocycles. The average Bonchev–Trinajstić information content (AvgIpc) is 2.29. The van der Waals surface area contributed by atoms with Crippen molar-refractivity contribution >= 4 is 11.8 Å². The van der Waals surface area contributed by atoms with Crippen molar-refractivity contribution in [3.63, 3.8) is 0 Å². The van der Waals surface area contributed by atoms with Crippen molar-refractivity contribution in [2.24, 2.45) is 0 Å². The Bertz CT molecular complexity index is 570. The number of benzene rings is 1. The first kappa shape index (κ1) is 10.8. The monoisotopic (exact) mass is 234 g/mol. The van der Waals surface area contributed by atoms with Gasteiger partial charge in [-0.25, -0.2) is 9.36 Å². The Hall–Kier alpha value is -1.75. The van der Waals surface area contributed by atoms with Crippen LogP contribution in [-0.2, 0) is 0 Å². The highest BCUT2D eigenvalue weighted by Gasteiger charge is 2.05. The van der Waals surface area contributed by atoms with Crippen LogP contribution in [0.4, 0.5) is 0 Å². The summed E-state index contributed by atoms with van der Waals surface area (Å²) in [4.78, 5) is 26.1. The van der Waals surface area contributed by atoms with Crippen molar-refractivity contribution in [1.82, 2.24) is 9.55 Å². The fraction of sp³-hybridized carbons (Fsp3) is 0.0909. The van der Waals surface area contributed by atoms with Crippen LogP contribution in [0.5, 0.6) is 0 Å². The molecule has 0 aliphatic carbocycles. The Morgan fingerprint density at radius 3 is 2.44 bits per heavy atom. The minimum atomic E-state index is -0.414. The number of nitrogens with zero attached hydrogens (tertiary/aromatic N) is 1. The normalized spacial score (nSPS) is 10.3. The molecule has 0 atom stereocenters. The maximum atomic E-state index is 11.7. The van der Waals surface area contributed by atoms with Gasteiger partial charge in [-0.2, -0.15) is 0 Å². The van der Waals surface area contributed by atoms with Crippen molar-refractivity contribution in [2.75, 3.05) is 6.26 Å². The molecule has 0 fully saturated rings. The molecule has 82 valence electrons. The van der Waals surface area contributed by atoms with Crippen molar-refractivity contribution in [3.8, 4) is 5.69 Å². The lowest BCUT2D eigenvalue weighted by atomic mass is 10.3. The lowest BCUT2D eigenvalue weighted by molar-refractivity contribution is 0.833. The lowest BCUT2D eigenvalue weighted by Gasteiger charge is -2.04. The van der Waals surface area contributed by atoms with E-state index in [-0.39, 0.29) is 5.56 Å². The molecule has 0 amide bonds. The van der Waals surface area contributed by atoms with E-state index in [0.29, 0.717) is 10.7 Å². The van der Waals surface area contributed by atoms with Gasteiger partial charge in [0.15, 0.2) is 0 Å². The Labute approximate surface area is 95.9 Å². The number of aromatic amines is 1. The lowest BCUT2D eigenvalue weighted by Crippen LogP contribution is -2.33. The second-order valence-corrected chi connectivity index (χ2v) is 4.00. The number of H-pyrrole nitrogens is 1. The molecule has 0 aliphatic rings. The fourth-order valence-electron chi connectivity index (χ4n) is 1.41. The van der Waals surface area contributed by atoms with Crippen LogP contribution in [0, 0.1) is 0 Å². The molecule has 1 N–H and O–H groups in total. The van der Waals surface area contributed by atoms with E-state index in [2.05, 4.69) is 4.98 Å². The Morgan fingerprint density at radius 1 is 1.19 bits per heavy atom. The second kappa shape index (κ2) is 4.40. The molecule has 0 radical (unpaired) electrons. The number of aromatic nitrogens is 2. The number of rotatable bonds is 2. The van der Waals surface area contributed by atoms with E-state index >= 15 is 0 Å². The summed E-state index contributed by atoms with van der Waals surface area (Å²) in [6.45, 7) is 0. The molecule has 1 aromatic heterocycles. The molecule has 5 heteroatoms. The third-order valence-electron chi connectivity index (χ3n) is 2.14. The van der Waals surface area contributed by atoms with Gasteiger partial charge in [0, 0.05) is 6.07 Å². The van der Waals surface area contributed by atoms with Gasteiger partial charge in [-0.3, -0.25) is 4.79 Å². The van der Waals surface area contributed by atoms with Crippen LogP contribution < -0.4 is 11.2 Å². The van der Waals surface area contributed by atoms with E-state index < -0.39 is 5.69 Å². The molecule has 16 heavy (non-hydrogen) atoms. The van der Waals surface area contributed by atoms with Crippen molar-refractivity contribution in [1.29, 1.82) is 0 Å². The van der Waals surface area contributed by atoms with Gasteiger partial charge >= 0.3 is 5.69 Å². The molecule has 1 aromatic carbocycles. The standard InChI is InChI=1S/C11H10N2O2S/c1-16-9-7-10(14)13(11(15)12-9)8-5-3-2-4-6-8/h2-7H,1H3,(H,12,15). The number of hydrogen-bond acceptors (Lipinski definition) is 3. The van der Waals surface area contributed by atoms with Gasteiger partial charge in [0.1, 0.15) is 0 Å². The summed E-state index contributed by atoms with van der Waals surface area (Å²) in [6.07, 6.45) is 1.80. The summed E-state index contributed by atoms with van der Waals surface area (Å²) < 4.78 is 1.11. The summed E-state index contributed by atoms with van der Waals surface area (Å²) in [6, 6.07) is 10.2. The first-order valence-corrected chi connectivity index (χ1v) is 5.90. The average molecular weight is 234 g/mol. The number of thioether (sulfide) groups is 1. The highest BCUT2D eigenvalue weighted by molar-refractivity contribution is 7.98. The Morgan fingerprint density at radius 2 is 1.88 bits per heavy atom. The van der Waals surface area contributed by atoms with Crippen LogP contribution in [0.3, 0.4) is 0 Å².